The highest BCUT2D eigenvalue weighted by molar-refractivity contribution is 7.80. The Morgan fingerprint density at radius 2 is 1.50 bits per heavy atom. The van der Waals surface area contributed by atoms with E-state index in [4.69, 9.17) is 17.0 Å². The Hall–Kier alpha value is -1.09. The average Bonchev–Trinajstić information content (AvgIpc) is 2.28. The lowest BCUT2D eigenvalue weighted by Crippen LogP contribution is -2.26. The van der Waals surface area contributed by atoms with Crippen LogP contribution in [0, 0.1) is 0 Å². The lowest BCUT2D eigenvalue weighted by molar-refractivity contribution is 0.438. The van der Waals surface area contributed by atoms with E-state index in [1.54, 1.807) is 0 Å². The Morgan fingerprint density at radius 3 is 1.83 bits per heavy atom. The van der Waals surface area contributed by atoms with Crippen molar-refractivity contribution in [1.82, 2.24) is 4.90 Å². The van der Waals surface area contributed by atoms with Gasteiger partial charge in [-0.2, -0.15) is 0 Å². The number of benzene rings is 1. The Bertz CT molecular complexity index is 398. The molecule has 0 fully saturated rings. The number of thiocarbonyl (C=S) groups is 1. The molecule has 0 radical (unpaired) electrons. The zero-order chi connectivity index (χ0) is 13.9. The van der Waals surface area contributed by atoms with Gasteiger partial charge in [0.25, 0.3) is 5.17 Å². The van der Waals surface area contributed by atoms with Crippen molar-refractivity contribution in [2.24, 2.45) is 0 Å². The summed E-state index contributed by atoms with van der Waals surface area (Å²) in [6.45, 7) is 8.69. The van der Waals surface area contributed by atoms with E-state index in [1.807, 2.05) is 19.0 Å². The van der Waals surface area contributed by atoms with Gasteiger partial charge in [0.15, 0.2) is 0 Å². The molecule has 1 aromatic carbocycles. The zero-order valence-corrected chi connectivity index (χ0v) is 13.0. The average molecular weight is 265 g/mol. The van der Waals surface area contributed by atoms with Crippen molar-refractivity contribution in [1.29, 1.82) is 0 Å². The van der Waals surface area contributed by atoms with Crippen molar-refractivity contribution in [3.63, 3.8) is 0 Å². The van der Waals surface area contributed by atoms with Crippen LogP contribution in [-0.2, 0) is 0 Å². The number of ether oxygens (including phenoxy) is 1. The van der Waals surface area contributed by atoms with Gasteiger partial charge < -0.3 is 9.64 Å². The maximum absolute atomic E-state index is 5.92. The number of hydrogen-bond acceptors (Lipinski definition) is 2. The van der Waals surface area contributed by atoms with Crippen LogP contribution >= 0.6 is 12.2 Å². The molecule has 0 saturated carbocycles. The molecule has 0 aliphatic rings. The molecule has 0 heterocycles. The monoisotopic (exact) mass is 265 g/mol. The zero-order valence-electron chi connectivity index (χ0n) is 12.2. The lowest BCUT2D eigenvalue weighted by Gasteiger charge is -2.22. The first kappa shape index (κ1) is 15.0. The third-order valence-electron chi connectivity index (χ3n) is 2.87. The molecule has 1 rings (SSSR count). The predicted molar refractivity (Wildman–Crippen MR) is 81.5 cm³/mol. The largest absolute Gasteiger partial charge is 0.431 e. The topological polar surface area (TPSA) is 12.5 Å². The molecule has 0 aromatic heterocycles. The molecule has 0 unspecified atom stereocenters. The van der Waals surface area contributed by atoms with Gasteiger partial charge in [-0.1, -0.05) is 45.9 Å². The first-order chi connectivity index (χ1) is 8.34. The number of hydrogen-bond donors (Lipinski definition) is 0. The summed E-state index contributed by atoms with van der Waals surface area (Å²) in [4.78, 5) is 1.82. The maximum atomic E-state index is 5.92. The van der Waals surface area contributed by atoms with Crippen LogP contribution in [0.4, 0.5) is 0 Å². The van der Waals surface area contributed by atoms with Crippen molar-refractivity contribution < 1.29 is 4.74 Å². The molecule has 0 aliphatic carbocycles. The molecule has 0 N–H and O–H groups in total. The van der Waals surface area contributed by atoms with Crippen molar-refractivity contribution in [2.45, 2.75) is 39.5 Å². The highest BCUT2D eigenvalue weighted by Crippen LogP contribution is 2.34. The Morgan fingerprint density at radius 1 is 1.06 bits per heavy atom. The summed E-state index contributed by atoms with van der Waals surface area (Å²) in [5, 5.41) is 0.505. The summed E-state index contributed by atoms with van der Waals surface area (Å²) in [6.07, 6.45) is 0. The molecule has 0 amide bonds. The minimum absolute atomic E-state index is 0.420. The molecular weight excluding hydrogens is 242 g/mol. The van der Waals surface area contributed by atoms with Gasteiger partial charge in [0.1, 0.15) is 5.75 Å². The second kappa shape index (κ2) is 6.19. The standard InChI is InChI=1S/C15H23NOS/c1-10(2)12-8-7-9-13(11(3)4)14(12)17-15(18)16(5)6/h7-11H,1-6H3. The van der Waals surface area contributed by atoms with Crippen LogP contribution < -0.4 is 4.74 Å². The lowest BCUT2D eigenvalue weighted by atomic mass is 9.94. The second-order valence-electron chi connectivity index (χ2n) is 5.34. The third kappa shape index (κ3) is 3.45. The summed E-state index contributed by atoms with van der Waals surface area (Å²) < 4.78 is 5.92. The predicted octanol–water partition coefficient (Wildman–Crippen LogP) is 4.16. The normalized spacial score (nSPS) is 10.9. The SMILES string of the molecule is CC(C)c1cccc(C(C)C)c1OC(=S)N(C)C. The summed E-state index contributed by atoms with van der Waals surface area (Å²) in [5.41, 5.74) is 2.43. The molecule has 0 spiro atoms. The van der Waals surface area contributed by atoms with Gasteiger partial charge in [-0.15, -0.1) is 0 Å². The van der Waals surface area contributed by atoms with Crippen LogP contribution in [0.3, 0.4) is 0 Å². The smallest absolute Gasteiger partial charge is 0.264 e. The number of rotatable bonds is 3. The summed E-state index contributed by atoms with van der Waals surface area (Å²) >= 11 is 5.26. The van der Waals surface area contributed by atoms with Gasteiger partial charge in [-0.3, -0.25) is 0 Å². The molecule has 0 saturated heterocycles. The number of nitrogens with zero attached hydrogens (tertiary/aromatic N) is 1. The molecule has 0 atom stereocenters. The molecule has 0 bridgehead atoms. The van der Waals surface area contributed by atoms with Crippen LogP contribution in [0.1, 0.15) is 50.7 Å². The minimum Gasteiger partial charge on any atom is -0.431 e. The fraction of sp³-hybridized carbons (Fsp3) is 0.533. The van der Waals surface area contributed by atoms with Crippen molar-refractivity contribution in [3.8, 4) is 5.75 Å². The molecule has 0 aliphatic heterocycles. The van der Waals surface area contributed by atoms with E-state index in [-0.39, 0.29) is 0 Å². The van der Waals surface area contributed by atoms with E-state index in [9.17, 15) is 0 Å². The van der Waals surface area contributed by atoms with Gasteiger partial charge in [0.2, 0.25) is 0 Å². The maximum Gasteiger partial charge on any atom is 0.264 e. The fourth-order valence-corrected chi connectivity index (χ4v) is 1.86. The van der Waals surface area contributed by atoms with Crippen molar-refractivity contribution >= 4 is 17.4 Å². The second-order valence-corrected chi connectivity index (χ2v) is 5.69. The quantitative estimate of drug-likeness (QED) is 0.761. The van der Waals surface area contributed by atoms with Crippen LogP contribution in [0.5, 0.6) is 5.75 Å². The van der Waals surface area contributed by atoms with Crippen LogP contribution in [0.15, 0.2) is 18.2 Å². The molecule has 18 heavy (non-hydrogen) atoms. The summed E-state index contributed by atoms with van der Waals surface area (Å²) in [6, 6.07) is 6.32. The van der Waals surface area contributed by atoms with E-state index in [2.05, 4.69) is 45.9 Å². The molecule has 100 valence electrons. The van der Waals surface area contributed by atoms with E-state index < -0.39 is 0 Å². The van der Waals surface area contributed by atoms with E-state index in [1.165, 1.54) is 11.1 Å². The van der Waals surface area contributed by atoms with Gasteiger partial charge in [0, 0.05) is 14.1 Å². The van der Waals surface area contributed by atoms with Crippen LogP contribution in [0.2, 0.25) is 0 Å². The summed E-state index contributed by atoms with van der Waals surface area (Å²) in [7, 11) is 3.80. The van der Waals surface area contributed by atoms with Crippen LogP contribution in [0.25, 0.3) is 0 Å². The van der Waals surface area contributed by atoms with E-state index >= 15 is 0 Å². The Balaban J connectivity index is 3.23. The van der Waals surface area contributed by atoms with Gasteiger partial charge in [0.05, 0.1) is 0 Å². The van der Waals surface area contributed by atoms with Gasteiger partial charge in [-0.25, -0.2) is 0 Å². The van der Waals surface area contributed by atoms with E-state index in [0.29, 0.717) is 17.0 Å². The Labute approximate surface area is 116 Å². The Kier molecular flexibility index (Phi) is 5.15. The highest BCUT2D eigenvalue weighted by Gasteiger charge is 2.17. The molecular formula is C15H23NOS. The summed E-state index contributed by atoms with van der Waals surface area (Å²) in [5.74, 6) is 1.77. The van der Waals surface area contributed by atoms with Gasteiger partial charge >= 0.3 is 0 Å². The van der Waals surface area contributed by atoms with E-state index in [0.717, 1.165) is 5.75 Å². The number of para-hydroxylation sites is 1. The first-order valence-electron chi connectivity index (χ1n) is 6.36. The first-order valence-corrected chi connectivity index (χ1v) is 6.77. The molecule has 3 heteroatoms. The highest BCUT2D eigenvalue weighted by atomic mass is 32.1. The molecule has 1 aromatic rings. The fourth-order valence-electron chi connectivity index (χ4n) is 1.78. The van der Waals surface area contributed by atoms with Crippen molar-refractivity contribution in [2.75, 3.05) is 14.1 Å². The molecule has 2 nitrogen and oxygen atoms in total. The third-order valence-corrected chi connectivity index (χ3v) is 3.32. The minimum atomic E-state index is 0.420. The van der Waals surface area contributed by atoms with Crippen molar-refractivity contribution in [3.05, 3.63) is 29.3 Å². The van der Waals surface area contributed by atoms with Gasteiger partial charge in [-0.05, 0) is 35.2 Å². The van der Waals surface area contributed by atoms with Crippen LogP contribution in [-0.4, -0.2) is 24.2 Å².